The monoisotopic (exact) mass is 276 g/mol. The van der Waals surface area contributed by atoms with Gasteiger partial charge < -0.3 is 10.2 Å². The Labute approximate surface area is 125 Å². The van der Waals surface area contributed by atoms with E-state index in [-0.39, 0.29) is 0 Å². The third kappa shape index (κ3) is 6.42. The molecule has 0 aliphatic rings. The molecule has 1 unspecified atom stereocenters. The Kier molecular flexibility index (Phi) is 8.36. The van der Waals surface area contributed by atoms with Crippen LogP contribution in [0.4, 0.5) is 5.69 Å². The molecule has 1 atom stereocenters. The van der Waals surface area contributed by atoms with E-state index in [4.69, 9.17) is 0 Å². The number of hydrogen-bond acceptors (Lipinski definition) is 2. The van der Waals surface area contributed by atoms with Gasteiger partial charge in [-0.25, -0.2) is 0 Å². The van der Waals surface area contributed by atoms with E-state index in [0.29, 0.717) is 6.04 Å². The smallest absolute Gasteiger partial charge is 0.0363 e. The van der Waals surface area contributed by atoms with E-state index >= 15 is 0 Å². The molecule has 0 saturated heterocycles. The van der Waals surface area contributed by atoms with E-state index in [1.54, 1.807) is 0 Å². The molecular formula is C18H32N2. The summed E-state index contributed by atoms with van der Waals surface area (Å²) in [5.74, 6) is 0. The Morgan fingerprint density at radius 2 is 1.80 bits per heavy atom. The van der Waals surface area contributed by atoms with Gasteiger partial charge in [0, 0.05) is 25.3 Å². The van der Waals surface area contributed by atoms with E-state index < -0.39 is 0 Å². The first kappa shape index (κ1) is 17.0. The first-order valence-corrected chi connectivity index (χ1v) is 8.20. The molecule has 0 bridgehead atoms. The molecule has 2 heteroatoms. The van der Waals surface area contributed by atoms with Gasteiger partial charge in [-0.1, -0.05) is 32.4 Å². The molecule has 1 aromatic carbocycles. The molecule has 0 fully saturated rings. The molecule has 1 rings (SSSR count). The molecule has 0 amide bonds. The lowest BCUT2D eigenvalue weighted by Crippen LogP contribution is -2.27. The van der Waals surface area contributed by atoms with Gasteiger partial charge in [0.05, 0.1) is 0 Å². The summed E-state index contributed by atoms with van der Waals surface area (Å²) in [6, 6.07) is 9.61. The molecule has 0 aromatic heterocycles. The van der Waals surface area contributed by atoms with Crippen LogP contribution in [0.2, 0.25) is 0 Å². The predicted octanol–water partition coefficient (Wildman–Crippen LogP) is 4.24. The highest BCUT2D eigenvalue weighted by atomic mass is 15.1. The molecule has 1 aromatic rings. The normalized spacial score (nSPS) is 12.4. The Hall–Kier alpha value is -1.02. The molecule has 1 N–H and O–H groups in total. The molecule has 0 spiro atoms. The van der Waals surface area contributed by atoms with Crippen molar-refractivity contribution in [1.29, 1.82) is 0 Å². The van der Waals surface area contributed by atoms with Crippen molar-refractivity contribution >= 4 is 5.69 Å². The van der Waals surface area contributed by atoms with Crippen LogP contribution in [-0.2, 0) is 6.42 Å². The second-order valence-corrected chi connectivity index (χ2v) is 5.79. The standard InChI is InChI=1S/C18H32N2/c1-5-14-19-16(3)9-7-8-15-20(4)18-12-10-17(6-2)11-13-18/h10-13,16,19H,5-9,14-15H2,1-4H3. The lowest BCUT2D eigenvalue weighted by molar-refractivity contribution is 0.490. The molecule has 0 saturated carbocycles. The van der Waals surface area contributed by atoms with Crippen molar-refractivity contribution in [2.75, 3.05) is 25.0 Å². The number of nitrogens with one attached hydrogen (secondary N) is 1. The Bertz CT molecular complexity index is 345. The third-order valence-corrected chi connectivity index (χ3v) is 3.91. The average molecular weight is 276 g/mol. The van der Waals surface area contributed by atoms with E-state index in [1.807, 2.05) is 0 Å². The Morgan fingerprint density at radius 3 is 2.40 bits per heavy atom. The minimum atomic E-state index is 0.657. The van der Waals surface area contributed by atoms with E-state index in [2.05, 4.69) is 62.3 Å². The first-order valence-electron chi connectivity index (χ1n) is 8.20. The summed E-state index contributed by atoms with van der Waals surface area (Å²) < 4.78 is 0. The summed E-state index contributed by atoms with van der Waals surface area (Å²) in [5, 5.41) is 3.55. The van der Waals surface area contributed by atoms with Crippen LogP contribution in [0.1, 0.15) is 52.0 Å². The van der Waals surface area contributed by atoms with Gasteiger partial charge in [0.1, 0.15) is 0 Å². The Balaban J connectivity index is 2.20. The topological polar surface area (TPSA) is 15.3 Å². The minimum Gasteiger partial charge on any atom is -0.375 e. The largest absolute Gasteiger partial charge is 0.375 e. The molecular weight excluding hydrogens is 244 g/mol. The van der Waals surface area contributed by atoms with Crippen LogP contribution in [-0.4, -0.2) is 26.2 Å². The fourth-order valence-corrected chi connectivity index (χ4v) is 2.41. The van der Waals surface area contributed by atoms with Crippen LogP contribution in [0.15, 0.2) is 24.3 Å². The maximum absolute atomic E-state index is 3.55. The number of anilines is 1. The summed E-state index contributed by atoms with van der Waals surface area (Å²) in [7, 11) is 2.19. The third-order valence-electron chi connectivity index (χ3n) is 3.91. The van der Waals surface area contributed by atoms with Gasteiger partial charge in [0.2, 0.25) is 0 Å². The SMILES string of the molecule is CCCNC(C)CCCCN(C)c1ccc(CC)cc1. The fraction of sp³-hybridized carbons (Fsp3) is 0.667. The molecule has 0 radical (unpaired) electrons. The van der Waals surface area contributed by atoms with Crippen molar-refractivity contribution in [2.24, 2.45) is 0 Å². The minimum absolute atomic E-state index is 0.657. The van der Waals surface area contributed by atoms with Gasteiger partial charge in [-0.2, -0.15) is 0 Å². The number of benzene rings is 1. The molecule has 0 aliphatic heterocycles. The summed E-state index contributed by atoms with van der Waals surface area (Å²) in [5.41, 5.74) is 2.75. The zero-order valence-corrected chi connectivity index (χ0v) is 13.8. The van der Waals surface area contributed by atoms with Crippen LogP contribution >= 0.6 is 0 Å². The number of nitrogens with zero attached hydrogens (tertiary/aromatic N) is 1. The summed E-state index contributed by atoms with van der Waals surface area (Å²) in [6.45, 7) is 9.00. The van der Waals surface area contributed by atoms with Crippen molar-refractivity contribution in [2.45, 2.75) is 58.9 Å². The summed E-state index contributed by atoms with van der Waals surface area (Å²) >= 11 is 0. The summed E-state index contributed by atoms with van der Waals surface area (Å²) in [6.07, 6.45) is 6.19. The quantitative estimate of drug-likeness (QED) is 0.643. The van der Waals surface area contributed by atoms with Crippen molar-refractivity contribution in [3.63, 3.8) is 0 Å². The first-order chi connectivity index (χ1) is 9.67. The van der Waals surface area contributed by atoms with Crippen LogP contribution < -0.4 is 10.2 Å². The highest BCUT2D eigenvalue weighted by molar-refractivity contribution is 5.46. The highest BCUT2D eigenvalue weighted by Crippen LogP contribution is 2.15. The lowest BCUT2D eigenvalue weighted by Gasteiger charge is -2.20. The zero-order valence-electron chi connectivity index (χ0n) is 13.8. The van der Waals surface area contributed by atoms with Gasteiger partial charge in [-0.05, 0) is 56.8 Å². The second kappa shape index (κ2) is 9.82. The predicted molar refractivity (Wildman–Crippen MR) is 90.7 cm³/mol. The van der Waals surface area contributed by atoms with E-state index in [9.17, 15) is 0 Å². The molecule has 0 aliphatic carbocycles. The van der Waals surface area contributed by atoms with Crippen molar-refractivity contribution in [3.05, 3.63) is 29.8 Å². The van der Waals surface area contributed by atoms with Crippen molar-refractivity contribution in [1.82, 2.24) is 5.32 Å². The van der Waals surface area contributed by atoms with E-state index in [1.165, 1.54) is 36.9 Å². The lowest BCUT2D eigenvalue weighted by atomic mass is 10.1. The van der Waals surface area contributed by atoms with Gasteiger partial charge in [0.15, 0.2) is 0 Å². The van der Waals surface area contributed by atoms with Crippen LogP contribution in [0, 0.1) is 0 Å². The maximum atomic E-state index is 3.55. The van der Waals surface area contributed by atoms with Crippen LogP contribution in [0.5, 0.6) is 0 Å². The number of unbranched alkanes of at least 4 members (excludes halogenated alkanes) is 1. The molecule has 114 valence electrons. The van der Waals surface area contributed by atoms with Crippen LogP contribution in [0.25, 0.3) is 0 Å². The number of hydrogen-bond donors (Lipinski definition) is 1. The molecule has 20 heavy (non-hydrogen) atoms. The Morgan fingerprint density at radius 1 is 1.10 bits per heavy atom. The van der Waals surface area contributed by atoms with Gasteiger partial charge in [-0.15, -0.1) is 0 Å². The molecule has 0 heterocycles. The maximum Gasteiger partial charge on any atom is 0.0363 e. The van der Waals surface area contributed by atoms with E-state index in [0.717, 1.165) is 19.5 Å². The van der Waals surface area contributed by atoms with Gasteiger partial charge >= 0.3 is 0 Å². The van der Waals surface area contributed by atoms with Crippen molar-refractivity contribution < 1.29 is 0 Å². The zero-order chi connectivity index (χ0) is 14.8. The second-order valence-electron chi connectivity index (χ2n) is 5.79. The highest BCUT2D eigenvalue weighted by Gasteiger charge is 2.03. The van der Waals surface area contributed by atoms with Gasteiger partial charge in [0.25, 0.3) is 0 Å². The fourth-order valence-electron chi connectivity index (χ4n) is 2.41. The number of rotatable bonds is 10. The van der Waals surface area contributed by atoms with Crippen molar-refractivity contribution in [3.8, 4) is 0 Å². The van der Waals surface area contributed by atoms with Gasteiger partial charge in [-0.3, -0.25) is 0 Å². The van der Waals surface area contributed by atoms with Crippen LogP contribution in [0.3, 0.4) is 0 Å². The molecule has 2 nitrogen and oxygen atoms in total. The summed E-state index contributed by atoms with van der Waals surface area (Å²) in [4.78, 5) is 2.36. The number of aryl methyl sites for hydroxylation is 1. The average Bonchev–Trinajstić information content (AvgIpc) is 2.49.